The van der Waals surface area contributed by atoms with E-state index < -0.39 is 17.8 Å². The molecule has 0 aromatic rings. The van der Waals surface area contributed by atoms with Gasteiger partial charge >= 0.3 is 5.97 Å². The number of fused-ring (bicyclic) bond motifs is 1. The van der Waals surface area contributed by atoms with Gasteiger partial charge in [0.1, 0.15) is 6.54 Å². The van der Waals surface area contributed by atoms with Crippen LogP contribution in [-0.2, 0) is 24.0 Å². The Hall–Kier alpha value is -2.18. The molecule has 0 spiro atoms. The van der Waals surface area contributed by atoms with Crippen LogP contribution in [0.4, 0.5) is 0 Å². The fourth-order valence-electron chi connectivity index (χ4n) is 3.25. The van der Waals surface area contributed by atoms with Crippen LogP contribution in [0.3, 0.4) is 0 Å². The molecule has 0 aromatic carbocycles. The summed E-state index contributed by atoms with van der Waals surface area (Å²) < 4.78 is 0. The molecule has 3 amide bonds. The number of imide groups is 1. The molecule has 2 fully saturated rings. The molecule has 7 nitrogen and oxygen atoms in total. The molecule has 0 saturated carbocycles. The average Bonchev–Trinajstić information content (AvgIpc) is 2.77. The summed E-state index contributed by atoms with van der Waals surface area (Å²) in [6, 6.07) is 0.0509. The summed E-state index contributed by atoms with van der Waals surface area (Å²) in [5.74, 6) is -1.83. The second-order valence-electron chi connectivity index (χ2n) is 5.81. The van der Waals surface area contributed by atoms with E-state index in [1.165, 1.54) is 4.90 Å². The molecule has 118 valence electrons. The number of hydrogen-bond donors (Lipinski definition) is 0. The minimum Gasteiger partial charge on any atom is -0.328 e. The van der Waals surface area contributed by atoms with Crippen molar-refractivity contribution in [3.63, 3.8) is 0 Å². The Morgan fingerprint density at radius 1 is 1.09 bits per heavy atom. The molecule has 7 heteroatoms. The van der Waals surface area contributed by atoms with Crippen LogP contribution in [0.25, 0.3) is 0 Å². The highest BCUT2D eigenvalue weighted by molar-refractivity contribution is 6.01. The van der Waals surface area contributed by atoms with E-state index in [1.807, 2.05) is 0 Å². The number of likely N-dealkylation sites (tertiary alicyclic amines) is 1. The van der Waals surface area contributed by atoms with E-state index in [4.69, 9.17) is 4.84 Å². The van der Waals surface area contributed by atoms with Crippen molar-refractivity contribution in [1.29, 1.82) is 0 Å². The fourth-order valence-corrected chi connectivity index (χ4v) is 3.25. The molecule has 2 aliphatic heterocycles. The van der Waals surface area contributed by atoms with E-state index >= 15 is 0 Å². The van der Waals surface area contributed by atoms with E-state index in [-0.39, 0.29) is 37.3 Å². The predicted octanol–water partition coefficient (Wildman–Crippen LogP) is 0.551. The normalized spacial score (nSPS) is 29.5. The lowest BCUT2D eigenvalue weighted by Gasteiger charge is -2.47. The van der Waals surface area contributed by atoms with Gasteiger partial charge in [-0.1, -0.05) is 12.2 Å². The quantitative estimate of drug-likeness (QED) is 0.432. The standard InChI is InChI=1S/C15H18N2O5/c18-12-7-8-13(19)17(12)22-14(20)9-16-11-6-4-2-1-3-5-10(11)15(16)21/h1-2,10-11H,3-9H2/b2-1+. The van der Waals surface area contributed by atoms with Crippen molar-refractivity contribution in [3.8, 4) is 0 Å². The first-order valence-electron chi connectivity index (χ1n) is 7.60. The van der Waals surface area contributed by atoms with Crippen LogP contribution >= 0.6 is 0 Å². The van der Waals surface area contributed by atoms with Gasteiger partial charge in [0, 0.05) is 18.9 Å². The summed E-state index contributed by atoms with van der Waals surface area (Å²) in [6.45, 7) is -0.208. The summed E-state index contributed by atoms with van der Waals surface area (Å²) in [5, 5.41) is 0.519. The number of allylic oxidation sites excluding steroid dienone is 2. The van der Waals surface area contributed by atoms with Crippen LogP contribution in [0.1, 0.15) is 38.5 Å². The molecule has 3 rings (SSSR count). The number of β-lactam (4-membered cyclic amide) rings is 1. The third kappa shape index (κ3) is 2.63. The lowest BCUT2D eigenvalue weighted by Crippen LogP contribution is -2.62. The van der Waals surface area contributed by atoms with Gasteiger partial charge in [0.05, 0.1) is 5.92 Å². The van der Waals surface area contributed by atoms with Crippen LogP contribution < -0.4 is 0 Å². The smallest absolute Gasteiger partial charge is 0.328 e. The minimum atomic E-state index is -0.743. The van der Waals surface area contributed by atoms with Gasteiger partial charge in [-0.25, -0.2) is 4.79 Å². The number of carbonyl (C=O) groups excluding carboxylic acids is 4. The summed E-state index contributed by atoms with van der Waals surface area (Å²) in [5.41, 5.74) is 0. The Kier molecular flexibility index (Phi) is 3.96. The average molecular weight is 306 g/mol. The number of rotatable bonds is 3. The maximum absolute atomic E-state index is 12.1. The van der Waals surface area contributed by atoms with Gasteiger partial charge in [0.15, 0.2) is 0 Å². The Morgan fingerprint density at radius 2 is 1.73 bits per heavy atom. The molecule has 2 heterocycles. The first-order chi connectivity index (χ1) is 10.6. The van der Waals surface area contributed by atoms with E-state index in [0.717, 1.165) is 25.7 Å². The van der Waals surface area contributed by atoms with E-state index in [1.54, 1.807) is 0 Å². The Balaban J connectivity index is 1.57. The number of carbonyl (C=O) groups is 4. The Morgan fingerprint density at radius 3 is 2.41 bits per heavy atom. The first-order valence-corrected chi connectivity index (χ1v) is 7.60. The summed E-state index contributed by atoms with van der Waals surface area (Å²) >= 11 is 0. The summed E-state index contributed by atoms with van der Waals surface area (Å²) in [4.78, 5) is 53.1. The molecule has 0 radical (unpaired) electrons. The molecule has 2 unspecified atom stereocenters. The van der Waals surface area contributed by atoms with Gasteiger partial charge in [-0.3, -0.25) is 14.4 Å². The third-order valence-corrected chi connectivity index (χ3v) is 4.40. The Bertz CT molecular complexity index is 540. The molecule has 2 atom stereocenters. The molecule has 2 saturated heterocycles. The maximum atomic E-state index is 12.1. The molecule has 0 aromatic heterocycles. The topological polar surface area (TPSA) is 84.0 Å². The zero-order valence-electron chi connectivity index (χ0n) is 12.2. The van der Waals surface area contributed by atoms with E-state index in [9.17, 15) is 19.2 Å². The molecule has 0 N–H and O–H groups in total. The number of hydrogen-bond acceptors (Lipinski definition) is 5. The highest BCUT2D eigenvalue weighted by atomic mass is 16.7. The van der Waals surface area contributed by atoms with Crippen molar-refractivity contribution >= 4 is 23.7 Å². The lowest BCUT2D eigenvalue weighted by atomic mass is 9.80. The second-order valence-corrected chi connectivity index (χ2v) is 5.81. The van der Waals surface area contributed by atoms with Crippen LogP contribution in [0.5, 0.6) is 0 Å². The molecule has 0 bridgehead atoms. The zero-order valence-corrected chi connectivity index (χ0v) is 12.2. The largest absolute Gasteiger partial charge is 0.352 e. The zero-order chi connectivity index (χ0) is 15.7. The highest BCUT2D eigenvalue weighted by Gasteiger charge is 2.47. The van der Waals surface area contributed by atoms with E-state index in [0.29, 0.717) is 5.06 Å². The maximum Gasteiger partial charge on any atom is 0.352 e. The monoisotopic (exact) mass is 306 g/mol. The minimum absolute atomic E-state index is 0.0206. The number of nitrogens with zero attached hydrogens (tertiary/aromatic N) is 2. The van der Waals surface area contributed by atoms with Gasteiger partial charge in [-0.15, -0.1) is 5.06 Å². The van der Waals surface area contributed by atoms with Crippen molar-refractivity contribution in [2.45, 2.75) is 44.6 Å². The van der Waals surface area contributed by atoms with Gasteiger partial charge in [-0.05, 0) is 25.7 Å². The SMILES string of the molecule is O=C(CN1C(=O)C2CC/C=C/CCC21)ON1C(=O)CCC1=O. The fraction of sp³-hybridized carbons (Fsp3) is 0.600. The summed E-state index contributed by atoms with van der Waals surface area (Å²) in [6.07, 6.45) is 7.68. The molecular weight excluding hydrogens is 288 g/mol. The van der Waals surface area contributed by atoms with Crippen molar-refractivity contribution in [3.05, 3.63) is 12.2 Å². The Labute approximate surface area is 127 Å². The highest BCUT2D eigenvalue weighted by Crippen LogP contribution is 2.34. The lowest BCUT2D eigenvalue weighted by molar-refractivity contribution is -0.200. The van der Waals surface area contributed by atoms with Gasteiger partial charge in [0.2, 0.25) is 5.91 Å². The van der Waals surface area contributed by atoms with Crippen LogP contribution in [0, 0.1) is 5.92 Å². The van der Waals surface area contributed by atoms with Crippen molar-refractivity contribution in [2.75, 3.05) is 6.54 Å². The summed E-state index contributed by atoms with van der Waals surface area (Å²) in [7, 11) is 0. The van der Waals surface area contributed by atoms with Crippen LogP contribution in [0.2, 0.25) is 0 Å². The molecule has 22 heavy (non-hydrogen) atoms. The van der Waals surface area contributed by atoms with Crippen LogP contribution in [0.15, 0.2) is 12.2 Å². The molecule has 3 aliphatic rings. The second kappa shape index (κ2) is 5.90. The van der Waals surface area contributed by atoms with Crippen molar-refractivity contribution in [1.82, 2.24) is 9.96 Å². The van der Waals surface area contributed by atoms with Gasteiger partial charge in [-0.2, -0.15) is 0 Å². The van der Waals surface area contributed by atoms with Gasteiger partial charge in [0.25, 0.3) is 11.8 Å². The molecule has 1 aliphatic carbocycles. The molecular formula is C15H18N2O5. The van der Waals surface area contributed by atoms with Crippen molar-refractivity contribution < 1.29 is 24.0 Å². The number of hydroxylamine groups is 2. The first kappa shape index (κ1) is 14.7. The van der Waals surface area contributed by atoms with Crippen molar-refractivity contribution in [2.24, 2.45) is 5.92 Å². The number of amides is 3. The van der Waals surface area contributed by atoms with E-state index in [2.05, 4.69) is 12.2 Å². The third-order valence-electron chi connectivity index (χ3n) is 4.40. The predicted molar refractivity (Wildman–Crippen MR) is 73.8 cm³/mol. The van der Waals surface area contributed by atoms with Crippen LogP contribution in [-0.4, -0.2) is 46.2 Å². The van der Waals surface area contributed by atoms with Gasteiger partial charge < -0.3 is 9.74 Å².